The topological polar surface area (TPSA) is 41.6 Å². The number of carbonyl (C=O) groups excluding carboxylic acids is 1. The van der Waals surface area contributed by atoms with Gasteiger partial charge >= 0.3 is 0 Å². The van der Waals surface area contributed by atoms with Crippen molar-refractivity contribution >= 4 is 5.91 Å². The van der Waals surface area contributed by atoms with Crippen LogP contribution in [0.2, 0.25) is 0 Å². The summed E-state index contributed by atoms with van der Waals surface area (Å²) in [5, 5.41) is 3.45. The molecule has 4 nitrogen and oxygen atoms in total. The van der Waals surface area contributed by atoms with Crippen LogP contribution in [-0.4, -0.2) is 49.7 Å². The molecule has 2 fully saturated rings. The van der Waals surface area contributed by atoms with Crippen molar-refractivity contribution in [3.63, 3.8) is 0 Å². The summed E-state index contributed by atoms with van der Waals surface area (Å²) in [5.74, 6) is 0.142. The van der Waals surface area contributed by atoms with Gasteiger partial charge in [0.05, 0.1) is 6.61 Å². The highest BCUT2D eigenvalue weighted by atomic mass is 16.5. The standard InChI is InChI=1S/C10H18N2O2/c13-10-8-14-6-5-12(10)7-9-3-1-2-4-11-9/h9,11H,1-8H2. The van der Waals surface area contributed by atoms with E-state index in [2.05, 4.69) is 5.32 Å². The summed E-state index contributed by atoms with van der Waals surface area (Å²) in [5.41, 5.74) is 0. The number of amides is 1. The Kier molecular flexibility index (Phi) is 3.37. The molecule has 1 amide bonds. The first-order chi connectivity index (χ1) is 6.86. The molecule has 1 atom stereocenters. The summed E-state index contributed by atoms with van der Waals surface area (Å²) in [6.45, 7) is 3.69. The number of rotatable bonds is 2. The second-order valence-corrected chi connectivity index (χ2v) is 4.04. The maximum atomic E-state index is 11.4. The first-order valence-electron chi connectivity index (χ1n) is 5.45. The van der Waals surface area contributed by atoms with Gasteiger partial charge in [-0.05, 0) is 19.4 Å². The van der Waals surface area contributed by atoms with Crippen molar-refractivity contribution in [1.82, 2.24) is 10.2 Å². The second-order valence-electron chi connectivity index (χ2n) is 4.04. The molecule has 80 valence electrons. The van der Waals surface area contributed by atoms with E-state index in [1.807, 2.05) is 4.90 Å². The van der Waals surface area contributed by atoms with Crippen LogP contribution in [0.4, 0.5) is 0 Å². The molecule has 2 aliphatic rings. The van der Waals surface area contributed by atoms with Crippen molar-refractivity contribution < 1.29 is 9.53 Å². The molecular weight excluding hydrogens is 180 g/mol. The Balaban J connectivity index is 1.79. The number of carbonyl (C=O) groups is 1. The van der Waals surface area contributed by atoms with Gasteiger partial charge in [0.1, 0.15) is 6.61 Å². The molecule has 1 unspecified atom stereocenters. The molecule has 2 rings (SSSR count). The zero-order valence-corrected chi connectivity index (χ0v) is 8.50. The van der Waals surface area contributed by atoms with Crippen molar-refractivity contribution in [2.45, 2.75) is 25.3 Å². The van der Waals surface area contributed by atoms with Crippen LogP contribution in [0.1, 0.15) is 19.3 Å². The van der Waals surface area contributed by atoms with E-state index in [1.54, 1.807) is 0 Å². The molecule has 0 saturated carbocycles. The number of hydrogen-bond acceptors (Lipinski definition) is 3. The van der Waals surface area contributed by atoms with Crippen LogP contribution in [0.5, 0.6) is 0 Å². The molecular formula is C10H18N2O2. The van der Waals surface area contributed by atoms with Gasteiger partial charge in [-0.3, -0.25) is 4.79 Å². The first-order valence-corrected chi connectivity index (χ1v) is 5.45. The lowest BCUT2D eigenvalue weighted by Gasteiger charge is -2.32. The third kappa shape index (κ3) is 2.45. The summed E-state index contributed by atoms with van der Waals surface area (Å²) in [6, 6.07) is 0.505. The van der Waals surface area contributed by atoms with Crippen molar-refractivity contribution in [2.75, 3.05) is 32.8 Å². The Morgan fingerprint density at radius 3 is 3.14 bits per heavy atom. The number of ether oxygens (including phenoxy) is 1. The van der Waals surface area contributed by atoms with E-state index in [-0.39, 0.29) is 12.5 Å². The summed E-state index contributed by atoms with van der Waals surface area (Å²) in [7, 11) is 0. The number of hydrogen-bond donors (Lipinski definition) is 1. The van der Waals surface area contributed by atoms with Gasteiger partial charge in [-0.1, -0.05) is 6.42 Å². The minimum atomic E-state index is 0.142. The fraction of sp³-hybridized carbons (Fsp3) is 0.900. The lowest BCUT2D eigenvalue weighted by Crippen LogP contribution is -2.49. The maximum absolute atomic E-state index is 11.4. The van der Waals surface area contributed by atoms with Gasteiger partial charge in [-0.15, -0.1) is 0 Å². The molecule has 14 heavy (non-hydrogen) atoms. The molecule has 0 aliphatic carbocycles. The van der Waals surface area contributed by atoms with Gasteiger partial charge in [-0.25, -0.2) is 0 Å². The monoisotopic (exact) mass is 198 g/mol. The van der Waals surface area contributed by atoms with Gasteiger partial charge in [0.2, 0.25) is 5.91 Å². The van der Waals surface area contributed by atoms with Crippen LogP contribution < -0.4 is 5.32 Å². The molecule has 2 aliphatic heterocycles. The van der Waals surface area contributed by atoms with Crippen molar-refractivity contribution in [3.8, 4) is 0 Å². The normalized spacial score (nSPS) is 29.3. The molecule has 0 aromatic carbocycles. The predicted octanol–water partition coefficient (Wildman–Crippen LogP) is -0.0127. The number of nitrogens with one attached hydrogen (secondary N) is 1. The highest BCUT2D eigenvalue weighted by molar-refractivity contribution is 5.78. The van der Waals surface area contributed by atoms with E-state index in [4.69, 9.17) is 4.74 Å². The summed E-state index contributed by atoms with van der Waals surface area (Å²) in [6.07, 6.45) is 3.76. The van der Waals surface area contributed by atoms with E-state index in [0.29, 0.717) is 12.6 Å². The average Bonchev–Trinajstić information content (AvgIpc) is 2.23. The van der Waals surface area contributed by atoms with Crippen LogP contribution in [0.3, 0.4) is 0 Å². The van der Waals surface area contributed by atoms with Crippen LogP contribution in [-0.2, 0) is 9.53 Å². The lowest BCUT2D eigenvalue weighted by atomic mass is 10.0. The van der Waals surface area contributed by atoms with Gasteiger partial charge in [0, 0.05) is 19.1 Å². The van der Waals surface area contributed by atoms with E-state index in [1.165, 1.54) is 19.3 Å². The lowest BCUT2D eigenvalue weighted by molar-refractivity contribution is -0.143. The van der Waals surface area contributed by atoms with E-state index in [0.717, 1.165) is 19.6 Å². The molecule has 0 aromatic rings. The van der Waals surface area contributed by atoms with Crippen LogP contribution in [0.15, 0.2) is 0 Å². The molecule has 0 bridgehead atoms. The van der Waals surface area contributed by atoms with Gasteiger partial charge in [0.25, 0.3) is 0 Å². The molecule has 1 N–H and O–H groups in total. The summed E-state index contributed by atoms with van der Waals surface area (Å²) < 4.78 is 5.09. The van der Waals surface area contributed by atoms with E-state index < -0.39 is 0 Å². The van der Waals surface area contributed by atoms with Crippen LogP contribution >= 0.6 is 0 Å². The number of piperidine rings is 1. The third-order valence-corrected chi connectivity index (χ3v) is 2.94. The van der Waals surface area contributed by atoms with Gasteiger partial charge in [-0.2, -0.15) is 0 Å². The smallest absolute Gasteiger partial charge is 0.248 e. The number of morpholine rings is 1. The molecule has 0 radical (unpaired) electrons. The largest absolute Gasteiger partial charge is 0.370 e. The van der Waals surface area contributed by atoms with Crippen LogP contribution in [0.25, 0.3) is 0 Å². The fourth-order valence-corrected chi connectivity index (χ4v) is 2.09. The Hall–Kier alpha value is -0.610. The maximum Gasteiger partial charge on any atom is 0.248 e. The minimum absolute atomic E-state index is 0.142. The van der Waals surface area contributed by atoms with Crippen molar-refractivity contribution in [1.29, 1.82) is 0 Å². The van der Waals surface area contributed by atoms with Crippen molar-refractivity contribution in [3.05, 3.63) is 0 Å². The van der Waals surface area contributed by atoms with Crippen molar-refractivity contribution in [2.24, 2.45) is 0 Å². The molecule has 4 heteroatoms. The molecule has 2 saturated heterocycles. The summed E-state index contributed by atoms with van der Waals surface area (Å²) in [4.78, 5) is 13.4. The zero-order valence-electron chi connectivity index (χ0n) is 8.50. The Morgan fingerprint density at radius 1 is 1.50 bits per heavy atom. The Labute approximate surface area is 84.6 Å². The van der Waals surface area contributed by atoms with Crippen LogP contribution in [0, 0.1) is 0 Å². The molecule has 2 heterocycles. The molecule has 0 spiro atoms. The number of nitrogens with zero attached hydrogens (tertiary/aromatic N) is 1. The second kappa shape index (κ2) is 4.75. The zero-order chi connectivity index (χ0) is 9.80. The minimum Gasteiger partial charge on any atom is -0.370 e. The third-order valence-electron chi connectivity index (χ3n) is 2.94. The Morgan fingerprint density at radius 2 is 2.43 bits per heavy atom. The Bertz CT molecular complexity index is 202. The first kappa shape index (κ1) is 9.93. The summed E-state index contributed by atoms with van der Waals surface area (Å²) >= 11 is 0. The van der Waals surface area contributed by atoms with Gasteiger partial charge in [0.15, 0.2) is 0 Å². The van der Waals surface area contributed by atoms with Gasteiger partial charge < -0.3 is 15.0 Å². The SMILES string of the molecule is O=C1COCCN1CC1CCCCN1. The fourth-order valence-electron chi connectivity index (χ4n) is 2.09. The quantitative estimate of drug-likeness (QED) is 0.678. The highest BCUT2D eigenvalue weighted by Gasteiger charge is 2.22. The highest BCUT2D eigenvalue weighted by Crippen LogP contribution is 2.09. The van der Waals surface area contributed by atoms with E-state index >= 15 is 0 Å². The van der Waals surface area contributed by atoms with E-state index in [9.17, 15) is 4.79 Å². The molecule has 0 aromatic heterocycles. The predicted molar refractivity (Wildman–Crippen MR) is 53.0 cm³/mol. The average molecular weight is 198 g/mol.